The topological polar surface area (TPSA) is 18.5 Å². The van der Waals surface area contributed by atoms with Crippen molar-refractivity contribution in [3.63, 3.8) is 0 Å². The summed E-state index contributed by atoms with van der Waals surface area (Å²) in [6.45, 7) is 10.1. The molecule has 0 radical (unpaired) electrons. The first-order valence-corrected chi connectivity index (χ1v) is 9.02. The van der Waals surface area contributed by atoms with Crippen LogP contribution in [0.4, 0.5) is 0 Å². The van der Waals surface area contributed by atoms with Crippen molar-refractivity contribution in [3.05, 3.63) is 35.4 Å². The van der Waals surface area contributed by atoms with E-state index in [2.05, 4.69) is 38.1 Å². The summed E-state index contributed by atoms with van der Waals surface area (Å²) in [6.07, 6.45) is 5.23. The summed E-state index contributed by atoms with van der Waals surface area (Å²) in [5.41, 5.74) is 2.65. The second-order valence-electron chi connectivity index (χ2n) is 6.66. The summed E-state index contributed by atoms with van der Waals surface area (Å²) >= 11 is 0. The van der Waals surface area contributed by atoms with Crippen molar-refractivity contribution >= 4 is 0 Å². The van der Waals surface area contributed by atoms with Gasteiger partial charge in [-0.3, -0.25) is 0 Å². The van der Waals surface area contributed by atoms with Gasteiger partial charge in [0.1, 0.15) is 0 Å². The van der Waals surface area contributed by atoms with Crippen molar-refractivity contribution in [2.45, 2.75) is 65.6 Å². The van der Waals surface area contributed by atoms with Crippen LogP contribution in [0.5, 0.6) is 0 Å². The lowest BCUT2D eigenvalue weighted by Gasteiger charge is -2.37. The van der Waals surface area contributed by atoms with Crippen LogP contribution in [0.1, 0.15) is 63.5 Å². The van der Waals surface area contributed by atoms with E-state index in [0.29, 0.717) is 11.8 Å². The molecule has 3 rings (SSSR count). The summed E-state index contributed by atoms with van der Waals surface area (Å²) in [7, 11) is 0. The van der Waals surface area contributed by atoms with E-state index in [-0.39, 0.29) is 6.29 Å². The summed E-state index contributed by atoms with van der Waals surface area (Å²) in [5, 5.41) is 0. The van der Waals surface area contributed by atoms with Crippen LogP contribution in [-0.4, -0.2) is 19.5 Å². The Labute approximate surface area is 136 Å². The van der Waals surface area contributed by atoms with Gasteiger partial charge in [0.15, 0.2) is 6.29 Å². The fourth-order valence-electron chi connectivity index (χ4n) is 3.38. The minimum Gasteiger partial charge on any atom is -0.352 e. The highest BCUT2D eigenvalue weighted by Gasteiger charge is 2.31. The molecule has 22 heavy (non-hydrogen) atoms. The minimum absolute atomic E-state index is 0.0456. The minimum atomic E-state index is 0.0456. The third-order valence-corrected chi connectivity index (χ3v) is 4.92. The molecule has 0 bridgehead atoms. The van der Waals surface area contributed by atoms with Crippen LogP contribution in [0.3, 0.4) is 0 Å². The average Bonchev–Trinajstić information content (AvgIpc) is 2.58. The second-order valence-corrected chi connectivity index (χ2v) is 6.66. The van der Waals surface area contributed by atoms with E-state index in [9.17, 15) is 0 Å². The molecular formula is C20H32O2. The van der Waals surface area contributed by atoms with Gasteiger partial charge in [-0.25, -0.2) is 0 Å². The van der Waals surface area contributed by atoms with E-state index in [1.807, 2.05) is 13.8 Å². The summed E-state index contributed by atoms with van der Waals surface area (Å²) in [6, 6.07) is 8.75. The molecule has 2 aliphatic rings. The number of ether oxygens (including phenoxy) is 2. The maximum Gasteiger partial charge on any atom is 0.160 e. The van der Waals surface area contributed by atoms with Gasteiger partial charge in [-0.1, -0.05) is 63.4 Å². The Morgan fingerprint density at radius 2 is 1.41 bits per heavy atom. The second kappa shape index (κ2) is 8.69. The molecule has 124 valence electrons. The number of benzene rings is 1. The number of hydrogen-bond acceptors (Lipinski definition) is 2. The highest BCUT2D eigenvalue weighted by Crippen LogP contribution is 2.34. The monoisotopic (exact) mass is 304 g/mol. The molecular weight excluding hydrogens is 272 g/mol. The van der Waals surface area contributed by atoms with E-state index in [1.54, 1.807) is 0 Å². The largest absolute Gasteiger partial charge is 0.352 e. The quantitative estimate of drug-likeness (QED) is 0.737. The van der Waals surface area contributed by atoms with Crippen LogP contribution < -0.4 is 0 Å². The molecule has 0 amide bonds. The Bertz CT molecular complexity index is 410. The van der Waals surface area contributed by atoms with Gasteiger partial charge in [-0.2, -0.15) is 0 Å². The van der Waals surface area contributed by atoms with Crippen molar-refractivity contribution in [2.75, 3.05) is 13.2 Å². The molecule has 0 unspecified atom stereocenters. The molecule has 0 N–H and O–H groups in total. The molecule has 0 atom stereocenters. The fraction of sp³-hybridized carbons (Fsp3) is 0.700. The molecule has 1 saturated heterocycles. The van der Waals surface area contributed by atoms with Crippen molar-refractivity contribution < 1.29 is 9.47 Å². The lowest BCUT2D eigenvalue weighted by atomic mass is 9.82. The number of aryl methyl sites for hydroxylation is 1. The zero-order chi connectivity index (χ0) is 15.9. The molecule has 1 aliphatic heterocycles. The van der Waals surface area contributed by atoms with Gasteiger partial charge >= 0.3 is 0 Å². The summed E-state index contributed by atoms with van der Waals surface area (Å²) < 4.78 is 12.1. The van der Waals surface area contributed by atoms with E-state index < -0.39 is 0 Å². The van der Waals surface area contributed by atoms with Crippen LogP contribution >= 0.6 is 0 Å². The maximum absolute atomic E-state index is 6.03. The highest BCUT2D eigenvalue weighted by atomic mass is 16.7. The normalized spacial score (nSPS) is 32.0. The van der Waals surface area contributed by atoms with Gasteiger partial charge in [-0.15, -0.1) is 0 Å². The lowest BCUT2D eigenvalue weighted by molar-refractivity contribution is -0.217. The standard InChI is InChI=1S/C18H26O2.C2H6/c1-13-3-7-15(8-4-13)17-11-19-18(20-12-17)16-9-5-14(2)6-10-16;1-2/h3-4,7-8,14,16-18H,5-6,9-12H2,1-2H3;1-2H3. The first-order chi connectivity index (χ1) is 10.7. The van der Waals surface area contributed by atoms with E-state index in [1.165, 1.54) is 36.8 Å². The number of hydrogen-bond donors (Lipinski definition) is 0. The molecule has 0 spiro atoms. The molecule has 2 heteroatoms. The summed E-state index contributed by atoms with van der Waals surface area (Å²) in [5.74, 6) is 1.90. The zero-order valence-electron chi connectivity index (χ0n) is 14.7. The van der Waals surface area contributed by atoms with Crippen LogP contribution in [0.2, 0.25) is 0 Å². The van der Waals surface area contributed by atoms with Gasteiger partial charge < -0.3 is 9.47 Å². The lowest BCUT2D eigenvalue weighted by Crippen LogP contribution is -2.37. The zero-order valence-corrected chi connectivity index (χ0v) is 14.7. The van der Waals surface area contributed by atoms with Gasteiger partial charge in [0.25, 0.3) is 0 Å². The predicted octanol–water partition coefficient (Wildman–Crippen LogP) is 5.30. The first kappa shape index (κ1) is 17.5. The Morgan fingerprint density at radius 3 is 1.95 bits per heavy atom. The molecule has 1 aliphatic carbocycles. The number of rotatable bonds is 2. The molecule has 1 saturated carbocycles. The van der Waals surface area contributed by atoms with Crippen LogP contribution in [0.25, 0.3) is 0 Å². The molecule has 1 heterocycles. The molecule has 2 nitrogen and oxygen atoms in total. The van der Waals surface area contributed by atoms with Crippen LogP contribution in [0.15, 0.2) is 24.3 Å². The van der Waals surface area contributed by atoms with Crippen LogP contribution in [0, 0.1) is 18.8 Å². The van der Waals surface area contributed by atoms with Gasteiger partial charge in [-0.05, 0) is 31.2 Å². The van der Waals surface area contributed by atoms with Crippen LogP contribution in [-0.2, 0) is 9.47 Å². The summed E-state index contributed by atoms with van der Waals surface area (Å²) in [4.78, 5) is 0. The Kier molecular flexibility index (Phi) is 6.91. The Hall–Kier alpha value is -0.860. The maximum atomic E-state index is 6.03. The molecule has 1 aromatic carbocycles. The SMILES string of the molecule is CC.Cc1ccc(C2COC(C3CCC(C)CC3)OC2)cc1. The van der Waals surface area contributed by atoms with E-state index in [4.69, 9.17) is 9.47 Å². The van der Waals surface area contributed by atoms with E-state index in [0.717, 1.165) is 19.1 Å². The van der Waals surface area contributed by atoms with Gasteiger partial charge in [0, 0.05) is 11.8 Å². The molecule has 1 aromatic rings. The fourth-order valence-corrected chi connectivity index (χ4v) is 3.38. The third kappa shape index (κ3) is 4.57. The first-order valence-electron chi connectivity index (χ1n) is 9.02. The molecule has 0 aromatic heterocycles. The van der Waals surface area contributed by atoms with Gasteiger partial charge in [0.05, 0.1) is 13.2 Å². The van der Waals surface area contributed by atoms with Crippen molar-refractivity contribution in [2.24, 2.45) is 11.8 Å². The van der Waals surface area contributed by atoms with Crippen molar-refractivity contribution in [3.8, 4) is 0 Å². The average molecular weight is 304 g/mol. The van der Waals surface area contributed by atoms with Crippen molar-refractivity contribution in [1.29, 1.82) is 0 Å². The Morgan fingerprint density at radius 1 is 0.864 bits per heavy atom. The Balaban J connectivity index is 0.000000847. The highest BCUT2D eigenvalue weighted by molar-refractivity contribution is 5.24. The van der Waals surface area contributed by atoms with Crippen molar-refractivity contribution in [1.82, 2.24) is 0 Å². The predicted molar refractivity (Wildman–Crippen MR) is 92.1 cm³/mol. The third-order valence-electron chi connectivity index (χ3n) is 4.92. The molecule has 2 fully saturated rings. The smallest absolute Gasteiger partial charge is 0.160 e. The van der Waals surface area contributed by atoms with E-state index >= 15 is 0 Å². The van der Waals surface area contributed by atoms with Gasteiger partial charge in [0.2, 0.25) is 0 Å².